The zero-order valence-electron chi connectivity index (χ0n) is 16.2. The Labute approximate surface area is 174 Å². The molecular formula is C22H25ClO6. The average molecular weight is 421 g/mol. The Morgan fingerprint density at radius 1 is 1.24 bits per heavy atom. The topological polar surface area (TPSA) is 96.2 Å². The first-order valence-corrected chi connectivity index (χ1v) is 10.0. The molecule has 1 aliphatic heterocycles. The van der Waals surface area contributed by atoms with E-state index in [1.54, 1.807) is 6.07 Å². The molecule has 7 heteroatoms. The summed E-state index contributed by atoms with van der Waals surface area (Å²) in [6, 6.07) is 10.8. The van der Waals surface area contributed by atoms with Crippen LogP contribution in [0.15, 0.2) is 36.4 Å². The highest BCUT2D eigenvalue weighted by atomic mass is 35.5. The molecule has 2 aromatic rings. The molecule has 0 saturated carbocycles. The van der Waals surface area contributed by atoms with Crippen LogP contribution in [0.3, 0.4) is 0 Å². The van der Waals surface area contributed by atoms with Crippen molar-refractivity contribution in [2.24, 2.45) is 0 Å². The van der Waals surface area contributed by atoms with Gasteiger partial charge in [-0.3, -0.25) is 0 Å². The third-order valence-corrected chi connectivity index (χ3v) is 5.36. The maximum Gasteiger partial charge on any atom is 0.336 e. The van der Waals surface area contributed by atoms with E-state index in [4.69, 9.17) is 21.1 Å². The van der Waals surface area contributed by atoms with Crippen molar-refractivity contribution in [2.75, 3.05) is 13.2 Å². The maximum atomic E-state index is 11.8. The van der Waals surface area contributed by atoms with Crippen molar-refractivity contribution in [1.82, 2.24) is 0 Å². The number of ether oxygens (including phenoxy) is 2. The summed E-state index contributed by atoms with van der Waals surface area (Å²) in [6.07, 6.45) is -0.730. The second-order valence-corrected chi connectivity index (χ2v) is 7.55. The van der Waals surface area contributed by atoms with Crippen molar-refractivity contribution in [2.45, 2.75) is 44.5 Å². The highest BCUT2D eigenvalue weighted by Crippen LogP contribution is 2.36. The number of halogens is 1. The lowest BCUT2D eigenvalue weighted by Crippen LogP contribution is -2.34. The molecule has 0 aromatic heterocycles. The Morgan fingerprint density at radius 2 is 1.97 bits per heavy atom. The molecule has 0 radical (unpaired) electrons. The van der Waals surface area contributed by atoms with Crippen LogP contribution < -0.4 is 4.74 Å². The monoisotopic (exact) mass is 420 g/mol. The van der Waals surface area contributed by atoms with Gasteiger partial charge in [-0.2, -0.15) is 0 Å². The fourth-order valence-electron chi connectivity index (χ4n) is 3.62. The Kier molecular flexibility index (Phi) is 7.14. The Hall–Kier alpha value is -2.12. The fraction of sp³-hybridized carbons (Fsp3) is 0.409. The van der Waals surface area contributed by atoms with Crippen LogP contribution in [0.5, 0.6) is 5.75 Å². The lowest BCUT2D eigenvalue weighted by Gasteiger charge is -2.33. The third-order valence-electron chi connectivity index (χ3n) is 5.01. The molecule has 156 valence electrons. The summed E-state index contributed by atoms with van der Waals surface area (Å²) in [7, 11) is 0. The number of aromatic carboxylic acids is 1. The fourth-order valence-corrected chi connectivity index (χ4v) is 3.85. The molecule has 1 fully saturated rings. The zero-order valence-corrected chi connectivity index (χ0v) is 16.9. The lowest BCUT2D eigenvalue weighted by molar-refractivity contribution is -0.114. The van der Waals surface area contributed by atoms with E-state index in [1.807, 2.05) is 31.2 Å². The minimum absolute atomic E-state index is 0.0428. The molecule has 1 aliphatic rings. The Morgan fingerprint density at radius 3 is 2.59 bits per heavy atom. The van der Waals surface area contributed by atoms with E-state index in [2.05, 4.69) is 0 Å². The van der Waals surface area contributed by atoms with Gasteiger partial charge in [-0.15, -0.1) is 0 Å². The number of hydrogen-bond donors (Lipinski definition) is 3. The third kappa shape index (κ3) is 5.28. The first kappa shape index (κ1) is 21.6. The predicted octanol–water partition coefficient (Wildman–Crippen LogP) is 3.60. The predicted molar refractivity (Wildman–Crippen MR) is 109 cm³/mol. The molecule has 0 spiro atoms. The van der Waals surface area contributed by atoms with Gasteiger partial charge in [0, 0.05) is 17.9 Å². The van der Waals surface area contributed by atoms with Crippen LogP contribution in [0.2, 0.25) is 5.02 Å². The van der Waals surface area contributed by atoms with Gasteiger partial charge in [0.25, 0.3) is 0 Å². The minimum Gasteiger partial charge on any atom is -0.494 e. The summed E-state index contributed by atoms with van der Waals surface area (Å²) in [6.45, 7) is 2.28. The van der Waals surface area contributed by atoms with Crippen molar-refractivity contribution >= 4 is 17.6 Å². The largest absolute Gasteiger partial charge is 0.494 e. The van der Waals surface area contributed by atoms with Crippen LogP contribution in [-0.2, 0) is 11.2 Å². The summed E-state index contributed by atoms with van der Waals surface area (Å²) < 4.78 is 11.3. The Balaban J connectivity index is 1.92. The normalized spacial score (nSPS) is 21.7. The van der Waals surface area contributed by atoms with E-state index in [9.17, 15) is 20.1 Å². The first-order valence-electron chi connectivity index (χ1n) is 9.63. The second kappa shape index (κ2) is 9.59. The molecule has 0 bridgehead atoms. The summed E-state index contributed by atoms with van der Waals surface area (Å²) >= 11 is 6.38. The zero-order chi connectivity index (χ0) is 21.0. The number of carboxylic acid groups (broad SMARTS) is 1. The molecule has 3 atom stereocenters. The summed E-state index contributed by atoms with van der Waals surface area (Å²) in [5, 5.41) is 29.5. The molecule has 6 nitrogen and oxygen atoms in total. The van der Waals surface area contributed by atoms with Crippen LogP contribution in [0, 0.1) is 0 Å². The van der Waals surface area contributed by atoms with E-state index in [0.29, 0.717) is 30.0 Å². The second-order valence-electron chi connectivity index (χ2n) is 7.14. The smallest absolute Gasteiger partial charge is 0.336 e. The number of carboxylic acids is 1. The summed E-state index contributed by atoms with van der Waals surface area (Å²) in [5.74, 6) is -0.331. The highest BCUT2D eigenvalue weighted by molar-refractivity contribution is 6.31. The van der Waals surface area contributed by atoms with Gasteiger partial charge in [-0.05, 0) is 48.2 Å². The first-order chi connectivity index (χ1) is 13.9. The molecule has 29 heavy (non-hydrogen) atoms. The van der Waals surface area contributed by atoms with Gasteiger partial charge in [-0.1, -0.05) is 29.8 Å². The lowest BCUT2D eigenvalue weighted by atomic mass is 9.90. The SMILES string of the molecule is CCOc1ccc(Cc2cc([C@H]3C[C@@H](O)C[C@@H](CO)O3)c(C(=O)O)cc2Cl)cc1. The van der Waals surface area contributed by atoms with Gasteiger partial charge in [-0.25, -0.2) is 4.79 Å². The van der Waals surface area contributed by atoms with E-state index in [0.717, 1.165) is 16.9 Å². The Bertz CT molecular complexity index is 851. The van der Waals surface area contributed by atoms with E-state index >= 15 is 0 Å². The van der Waals surface area contributed by atoms with Gasteiger partial charge >= 0.3 is 5.97 Å². The standard InChI is InChI=1S/C22H25ClO6/c1-2-28-16-5-3-13(4-6-16)7-14-8-18(19(22(26)27)11-20(14)23)21-10-15(25)9-17(12-24)29-21/h3-6,8,11,15,17,21,24-25H,2,7,9-10,12H2,1H3,(H,26,27)/t15-,17-,21+/m0/s1. The molecule has 0 aliphatic carbocycles. The number of aliphatic hydroxyl groups excluding tert-OH is 2. The molecule has 3 rings (SSSR count). The van der Waals surface area contributed by atoms with Crippen LogP contribution in [0.4, 0.5) is 0 Å². The molecule has 1 heterocycles. The molecule has 0 amide bonds. The van der Waals surface area contributed by atoms with Gasteiger partial charge in [0.05, 0.1) is 37.1 Å². The highest BCUT2D eigenvalue weighted by Gasteiger charge is 2.32. The molecular weight excluding hydrogens is 396 g/mol. The van der Waals surface area contributed by atoms with E-state index in [1.165, 1.54) is 6.07 Å². The number of carbonyl (C=O) groups is 1. The van der Waals surface area contributed by atoms with Crippen LogP contribution in [0.25, 0.3) is 0 Å². The minimum atomic E-state index is -1.11. The summed E-state index contributed by atoms with van der Waals surface area (Å²) in [5.41, 5.74) is 2.27. The average Bonchev–Trinajstić information content (AvgIpc) is 2.70. The quantitative estimate of drug-likeness (QED) is 0.633. The van der Waals surface area contributed by atoms with Gasteiger partial charge in [0.2, 0.25) is 0 Å². The number of hydrogen-bond acceptors (Lipinski definition) is 5. The number of rotatable bonds is 7. The van der Waals surface area contributed by atoms with E-state index in [-0.39, 0.29) is 18.6 Å². The van der Waals surface area contributed by atoms with Crippen molar-refractivity contribution < 1.29 is 29.6 Å². The van der Waals surface area contributed by atoms with Crippen molar-refractivity contribution in [3.05, 3.63) is 63.7 Å². The van der Waals surface area contributed by atoms with Gasteiger partial charge in [0.1, 0.15) is 5.75 Å². The summed E-state index contributed by atoms with van der Waals surface area (Å²) in [4.78, 5) is 11.8. The number of benzene rings is 2. The van der Waals surface area contributed by atoms with Gasteiger partial charge < -0.3 is 24.8 Å². The van der Waals surface area contributed by atoms with Crippen LogP contribution in [0.1, 0.15) is 52.9 Å². The van der Waals surface area contributed by atoms with Gasteiger partial charge in [0.15, 0.2) is 0 Å². The maximum absolute atomic E-state index is 11.8. The van der Waals surface area contributed by atoms with Crippen LogP contribution in [-0.4, -0.2) is 46.7 Å². The molecule has 0 unspecified atom stereocenters. The molecule has 2 aromatic carbocycles. The van der Waals surface area contributed by atoms with Crippen molar-refractivity contribution in [1.29, 1.82) is 0 Å². The molecule has 1 saturated heterocycles. The number of aliphatic hydroxyl groups is 2. The van der Waals surface area contributed by atoms with Crippen molar-refractivity contribution in [3.63, 3.8) is 0 Å². The molecule has 3 N–H and O–H groups in total. The van der Waals surface area contributed by atoms with Crippen LogP contribution >= 0.6 is 11.6 Å². The van der Waals surface area contributed by atoms with E-state index < -0.39 is 24.3 Å². The van der Waals surface area contributed by atoms with Crippen molar-refractivity contribution in [3.8, 4) is 5.75 Å².